The minimum atomic E-state index is -0.853. The second kappa shape index (κ2) is 33.3. The van der Waals surface area contributed by atoms with Crippen molar-refractivity contribution in [2.24, 2.45) is 0 Å². The van der Waals surface area contributed by atoms with Gasteiger partial charge in [0, 0.05) is 52.1 Å². The molecule has 0 aromatic rings. The van der Waals surface area contributed by atoms with E-state index in [0.717, 1.165) is 0 Å². The minimum absolute atomic E-state index is 0. The summed E-state index contributed by atoms with van der Waals surface area (Å²) in [4.78, 5) is 38.6. The van der Waals surface area contributed by atoms with E-state index in [0.29, 0.717) is 25.7 Å². The van der Waals surface area contributed by atoms with Crippen molar-refractivity contribution in [2.75, 3.05) is 26.4 Å². The maximum Gasteiger partial charge on any atom is 0.303 e. The summed E-state index contributed by atoms with van der Waals surface area (Å²) in [7, 11) is 0. The molecule has 0 spiro atoms. The Bertz CT molecular complexity index is 318. The molecule has 0 aromatic carbocycles. The highest BCUT2D eigenvalue weighted by Crippen LogP contribution is 1.85. The van der Waals surface area contributed by atoms with E-state index in [1.165, 1.54) is 0 Å². The van der Waals surface area contributed by atoms with Crippen molar-refractivity contribution in [1.82, 2.24) is 6.15 Å². The fraction of sp³-hybridized carbons (Fsp3) is 0.750. The Morgan fingerprint density at radius 1 is 0.414 bits per heavy atom. The maximum atomic E-state index is 9.65. The van der Waals surface area contributed by atoms with Crippen molar-refractivity contribution in [2.45, 2.75) is 51.4 Å². The van der Waals surface area contributed by atoms with Gasteiger partial charge in [0.05, 0.1) is 0 Å². The summed E-state index contributed by atoms with van der Waals surface area (Å²) in [6.07, 6.45) is 1.69. The predicted molar refractivity (Wildman–Crippen MR) is 101 cm³/mol. The standard InChI is InChI=1S/4C4H8O3.H3N/c4*5-3-1-2-4(6)7;/h4*5H,1-3H2,(H,6,7);1H3. The number of hydrogen-bond acceptors (Lipinski definition) is 9. The van der Waals surface area contributed by atoms with Gasteiger partial charge in [0.2, 0.25) is 0 Å². The van der Waals surface area contributed by atoms with E-state index in [9.17, 15) is 19.2 Å². The Labute approximate surface area is 168 Å². The van der Waals surface area contributed by atoms with Crippen LogP contribution in [0.4, 0.5) is 0 Å². The van der Waals surface area contributed by atoms with Gasteiger partial charge in [0.15, 0.2) is 0 Å². The average Bonchev–Trinajstić information content (AvgIpc) is 2.62. The van der Waals surface area contributed by atoms with E-state index < -0.39 is 23.9 Å². The Balaban J connectivity index is -0.0000000873. The fourth-order valence-electron chi connectivity index (χ4n) is 0.921. The molecule has 0 saturated heterocycles. The third kappa shape index (κ3) is 76.9. The monoisotopic (exact) mass is 433 g/mol. The molecule has 0 amide bonds. The van der Waals surface area contributed by atoms with E-state index >= 15 is 0 Å². The molecule has 176 valence electrons. The van der Waals surface area contributed by atoms with Crippen LogP contribution in [0.5, 0.6) is 0 Å². The van der Waals surface area contributed by atoms with Gasteiger partial charge in [0.1, 0.15) is 0 Å². The highest BCUT2D eigenvalue weighted by atomic mass is 16.4. The normalized spacial score (nSPS) is 8.41. The fourth-order valence-corrected chi connectivity index (χ4v) is 0.921. The molecule has 0 aliphatic heterocycles. The summed E-state index contributed by atoms with van der Waals surface area (Å²) < 4.78 is 0. The first-order chi connectivity index (χ1) is 13.1. The first-order valence-electron chi connectivity index (χ1n) is 8.39. The predicted octanol–water partition coefficient (Wildman–Crippen LogP) is -0.464. The van der Waals surface area contributed by atoms with E-state index in [1.54, 1.807) is 0 Å². The Morgan fingerprint density at radius 3 is 0.586 bits per heavy atom. The number of rotatable bonds is 12. The summed E-state index contributed by atoms with van der Waals surface area (Å²) in [6, 6.07) is 0. The Hall–Kier alpha value is -2.32. The van der Waals surface area contributed by atoms with Crippen LogP contribution in [0.1, 0.15) is 51.4 Å². The number of aliphatic hydroxyl groups is 4. The van der Waals surface area contributed by atoms with Gasteiger partial charge < -0.3 is 47.0 Å². The lowest BCUT2D eigenvalue weighted by molar-refractivity contribution is -0.138. The lowest BCUT2D eigenvalue weighted by Crippen LogP contribution is -1.95. The van der Waals surface area contributed by atoms with Crippen LogP contribution >= 0.6 is 0 Å². The smallest absolute Gasteiger partial charge is 0.303 e. The maximum absolute atomic E-state index is 9.65. The highest BCUT2D eigenvalue weighted by Gasteiger charge is 1.93. The van der Waals surface area contributed by atoms with Crippen LogP contribution in [-0.4, -0.2) is 91.2 Å². The molecule has 0 saturated carbocycles. The number of carboxylic acids is 4. The zero-order valence-corrected chi connectivity index (χ0v) is 16.4. The number of aliphatic hydroxyl groups excluding tert-OH is 4. The summed E-state index contributed by atoms with van der Waals surface area (Å²) in [5.41, 5.74) is 0. The van der Waals surface area contributed by atoms with Crippen LogP contribution in [0.15, 0.2) is 0 Å². The van der Waals surface area contributed by atoms with E-state index in [1.807, 2.05) is 0 Å². The van der Waals surface area contributed by atoms with Crippen molar-refractivity contribution in [3.05, 3.63) is 0 Å². The summed E-state index contributed by atoms with van der Waals surface area (Å²) in [5, 5.41) is 63.9. The van der Waals surface area contributed by atoms with Gasteiger partial charge in [-0.1, -0.05) is 0 Å². The lowest BCUT2D eigenvalue weighted by Gasteiger charge is -1.85. The number of carboxylic acid groups (broad SMARTS) is 4. The van der Waals surface area contributed by atoms with Gasteiger partial charge in [-0.2, -0.15) is 0 Å². The van der Waals surface area contributed by atoms with Gasteiger partial charge in [0.25, 0.3) is 0 Å². The largest absolute Gasteiger partial charge is 0.481 e. The molecule has 0 bridgehead atoms. The van der Waals surface area contributed by atoms with Crippen LogP contribution in [0.2, 0.25) is 0 Å². The number of aliphatic carboxylic acids is 4. The van der Waals surface area contributed by atoms with Crippen LogP contribution < -0.4 is 6.15 Å². The first kappa shape index (κ1) is 37.4. The Morgan fingerprint density at radius 2 is 0.552 bits per heavy atom. The molecule has 0 fully saturated rings. The van der Waals surface area contributed by atoms with Gasteiger partial charge in [-0.05, 0) is 25.7 Å². The molecule has 0 heterocycles. The molecule has 0 aliphatic rings. The molecular weight excluding hydrogens is 398 g/mol. The second-order valence-corrected chi connectivity index (χ2v) is 4.88. The third-order valence-electron chi connectivity index (χ3n) is 2.20. The molecular formula is C16H35NO12. The molecule has 29 heavy (non-hydrogen) atoms. The van der Waals surface area contributed by atoms with Crippen LogP contribution in [-0.2, 0) is 19.2 Å². The van der Waals surface area contributed by atoms with Crippen LogP contribution in [0, 0.1) is 0 Å². The van der Waals surface area contributed by atoms with Gasteiger partial charge in [-0.25, -0.2) is 0 Å². The number of carbonyl (C=O) groups is 4. The lowest BCUT2D eigenvalue weighted by atomic mass is 10.3. The van der Waals surface area contributed by atoms with Crippen molar-refractivity contribution >= 4 is 23.9 Å². The minimum Gasteiger partial charge on any atom is -0.481 e. The first-order valence-corrected chi connectivity index (χ1v) is 8.39. The van der Waals surface area contributed by atoms with Gasteiger partial charge in [-0.3, -0.25) is 19.2 Å². The molecule has 0 radical (unpaired) electrons. The molecule has 0 atom stereocenters. The van der Waals surface area contributed by atoms with E-state index in [-0.39, 0.29) is 58.3 Å². The zero-order valence-electron chi connectivity index (χ0n) is 16.4. The molecule has 0 rings (SSSR count). The van der Waals surface area contributed by atoms with Gasteiger partial charge >= 0.3 is 23.9 Å². The van der Waals surface area contributed by atoms with Crippen LogP contribution in [0.25, 0.3) is 0 Å². The third-order valence-corrected chi connectivity index (χ3v) is 2.20. The highest BCUT2D eigenvalue weighted by molar-refractivity contribution is 5.67. The Kier molecular flexibility index (Phi) is 43.0. The molecule has 0 aromatic heterocycles. The summed E-state index contributed by atoms with van der Waals surface area (Å²) >= 11 is 0. The van der Waals surface area contributed by atoms with Gasteiger partial charge in [-0.15, -0.1) is 0 Å². The quantitative estimate of drug-likeness (QED) is 0.189. The SMILES string of the molecule is N.O=C(O)CCCO.O=C(O)CCCO.O=C(O)CCCO.O=C(O)CCCO. The molecule has 0 aliphatic carbocycles. The molecule has 13 heteroatoms. The summed E-state index contributed by atoms with van der Waals surface area (Å²) in [5.74, 6) is -3.41. The summed E-state index contributed by atoms with van der Waals surface area (Å²) in [6.45, 7) is -0.142. The van der Waals surface area contributed by atoms with Crippen molar-refractivity contribution in [3.63, 3.8) is 0 Å². The second-order valence-electron chi connectivity index (χ2n) is 4.88. The number of hydrogen-bond donors (Lipinski definition) is 9. The molecule has 0 unspecified atom stereocenters. The molecule has 13 nitrogen and oxygen atoms in total. The van der Waals surface area contributed by atoms with Crippen molar-refractivity contribution < 1.29 is 60.0 Å². The average molecular weight is 433 g/mol. The zero-order chi connectivity index (χ0) is 22.8. The molecule has 11 N–H and O–H groups in total. The van der Waals surface area contributed by atoms with Crippen molar-refractivity contribution in [3.8, 4) is 0 Å². The van der Waals surface area contributed by atoms with Crippen LogP contribution in [0.3, 0.4) is 0 Å². The van der Waals surface area contributed by atoms with Crippen molar-refractivity contribution in [1.29, 1.82) is 0 Å². The topological polar surface area (TPSA) is 265 Å². The van der Waals surface area contributed by atoms with E-state index in [2.05, 4.69) is 0 Å². The van der Waals surface area contributed by atoms with E-state index in [4.69, 9.17) is 40.9 Å².